The molecule has 1 unspecified atom stereocenters. The van der Waals surface area contributed by atoms with E-state index in [1.165, 1.54) is 5.56 Å². The Kier molecular flexibility index (Phi) is 6.50. The third-order valence-corrected chi connectivity index (χ3v) is 3.60. The van der Waals surface area contributed by atoms with Crippen molar-refractivity contribution in [2.75, 3.05) is 26.2 Å². The van der Waals surface area contributed by atoms with Gasteiger partial charge in [-0.1, -0.05) is 12.1 Å². The molecule has 0 bridgehead atoms. The lowest BCUT2D eigenvalue weighted by molar-refractivity contribution is -0.109. The highest BCUT2D eigenvalue weighted by Gasteiger charge is 2.17. The maximum absolute atomic E-state index is 10.1. The first kappa shape index (κ1) is 15.8. The monoisotopic (exact) mass is 292 g/mol. The van der Waals surface area contributed by atoms with Gasteiger partial charge >= 0.3 is 0 Å². The van der Waals surface area contributed by atoms with Gasteiger partial charge in [0.05, 0.1) is 12.7 Å². The minimum absolute atomic E-state index is 0.191. The van der Waals surface area contributed by atoms with Crippen LogP contribution in [0.2, 0.25) is 0 Å². The number of benzene rings is 1. The van der Waals surface area contributed by atoms with E-state index in [4.69, 9.17) is 4.74 Å². The lowest BCUT2D eigenvalue weighted by atomic mass is 10.1. The van der Waals surface area contributed by atoms with Crippen molar-refractivity contribution in [1.82, 2.24) is 10.2 Å². The van der Waals surface area contributed by atoms with Crippen LogP contribution in [0.4, 0.5) is 0 Å². The number of β-amino-alcohol motifs (C(OH)–C–C–N with tert-alkyl or cyclic N) is 1. The molecule has 2 N–H and O–H groups in total. The number of hydrogen-bond acceptors (Lipinski definition) is 4. The van der Waals surface area contributed by atoms with E-state index >= 15 is 0 Å². The molecule has 0 aromatic heterocycles. The Bertz CT molecular complexity index is 439. The molecule has 1 aromatic carbocycles. The summed E-state index contributed by atoms with van der Waals surface area (Å²) in [6, 6.07) is 8.08. The lowest BCUT2D eigenvalue weighted by Gasteiger charge is -2.30. The van der Waals surface area contributed by atoms with Crippen LogP contribution in [0.5, 0.6) is 5.75 Å². The summed E-state index contributed by atoms with van der Waals surface area (Å²) in [5, 5.41) is 12.3. The number of nitrogens with zero attached hydrogens (tertiary/aromatic N) is 1. The first-order valence-electron chi connectivity index (χ1n) is 7.57. The van der Waals surface area contributed by atoms with Crippen molar-refractivity contribution >= 4 is 6.41 Å². The van der Waals surface area contributed by atoms with Gasteiger partial charge in [0.1, 0.15) is 5.75 Å². The minimum atomic E-state index is -0.191. The Balaban J connectivity index is 1.78. The molecule has 1 heterocycles. The first-order valence-corrected chi connectivity index (χ1v) is 7.57. The molecular formula is C16H24N2O3. The van der Waals surface area contributed by atoms with Gasteiger partial charge in [0.15, 0.2) is 0 Å². The SMILES string of the molecule is O=CNCCCOc1cccc(CN2CCCC(O)C2)c1. The molecule has 1 aromatic rings. The Labute approximate surface area is 125 Å². The number of rotatable bonds is 8. The highest BCUT2D eigenvalue weighted by molar-refractivity contribution is 5.45. The van der Waals surface area contributed by atoms with Crippen molar-refractivity contribution in [3.8, 4) is 5.75 Å². The van der Waals surface area contributed by atoms with Gasteiger partial charge in [-0.3, -0.25) is 9.69 Å². The van der Waals surface area contributed by atoms with Crippen LogP contribution in [0.3, 0.4) is 0 Å². The zero-order valence-electron chi connectivity index (χ0n) is 12.3. The number of amides is 1. The van der Waals surface area contributed by atoms with Gasteiger partial charge in [-0.2, -0.15) is 0 Å². The fourth-order valence-electron chi connectivity index (χ4n) is 2.59. The number of nitrogens with one attached hydrogen (secondary N) is 1. The molecule has 1 saturated heterocycles. The van der Waals surface area contributed by atoms with Crippen LogP contribution in [0, 0.1) is 0 Å². The van der Waals surface area contributed by atoms with Gasteiger partial charge in [-0.05, 0) is 43.5 Å². The maximum atomic E-state index is 10.1. The van der Waals surface area contributed by atoms with Gasteiger partial charge in [-0.15, -0.1) is 0 Å². The smallest absolute Gasteiger partial charge is 0.207 e. The summed E-state index contributed by atoms with van der Waals surface area (Å²) < 4.78 is 5.68. The first-order chi connectivity index (χ1) is 10.3. The van der Waals surface area contributed by atoms with Gasteiger partial charge < -0.3 is 15.2 Å². The fraction of sp³-hybridized carbons (Fsp3) is 0.562. The molecule has 0 saturated carbocycles. The minimum Gasteiger partial charge on any atom is -0.494 e. The highest BCUT2D eigenvalue weighted by atomic mass is 16.5. The molecule has 1 atom stereocenters. The Hall–Kier alpha value is -1.59. The van der Waals surface area contributed by atoms with Crippen molar-refractivity contribution in [2.45, 2.75) is 31.9 Å². The van der Waals surface area contributed by atoms with Gasteiger partial charge in [0, 0.05) is 19.6 Å². The van der Waals surface area contributed by atoms with E-state index < -0.39 is 0 Å². The largest absolute Gasteiger partial charge is 0.494 e. The fourth-order valence-corrected chi connectivity index (χ4v) is 2.59. The van der Waals surface area contributed by atoms with Gasteiger partial charge in [-0.25, -0.2) is 0 Å². The summed E-state index contributed by atoms with van der Waals surface area (Å²) in [5.74, 6) is 0.858. The molecule has 0 aliphatic carbocycles. The molecule has 1 fully saturated rings. The summed E-state index contributed by atoms with van der Waals surface area (Å²) >= 11 is 0. The zero-order valence-corrected chi connectivity index (χ0v) is 12.3. The third kappa shape index (κ3) is 5.73. The molecule has 21 heavy (non-hydrogen) atoms. The van der Waals surface area contributed by atoms with Crippen LogP contribution < -0.4 is 10.1 Å². The van der Waals surface area contributed by atoms with Gasteiger partial charge in [0.2, 0.25) is 6.41 Å². The van der Waals surface area contributed by atoms with Crippen LogP contribution in [0.15, 0.2) is 24.3 Å². The molecule has 5 nitrogen and oxygen atoms in total. The summed E-state index contributed by atoms with van der Waals surface area (Å²) in [5.41, 5.74) is 1.20. The molecular weight excluding hydrogens is 268 g/mol. The summed E-state index contributed by atoms with van der Waals surface area (Å²) in [6.45, 7) is 3.87. The molecule has 0 radical (unpaired) electrons. The number of carbonyl (C=O) groups excluding carboxylic acids is 1. The predicted molar refractivity (Wildman–Crippen MR) is 81.1 cm³/mol. The van der Waals surface area contributed by atoms with E-state index in [1.54, 1.807) is 0 Å². The normalized spacial score (nSPS) is 19.2. The van der Waals surface area contributed by atoms with Crippen molar-refractivity contribution in [3.05, 3.63) is 29.8 Å². The quantitative estimate of drug-likeness (QED) is 0.557. The Morgan fingerprint density at radius 1 is 1.48 bits per heavy atom. The molecule has 1 amide bonds. The second-order valence-corrected chi connectivity index (χ2v) is 5.45. The second-order valence-electron chi connectivity index (χ2n) is 5.45. The summed E-state index contributed by atoms with van der Waals surface area (Å²) in [4.78, 5) is 12.4. The topological polar surface area (TPSA) is 61.8 Å². The number of aliphatic hydroxyl groups is 1. The molecule has 1 aliphatic rings. The average molecular weight is 292 g/mol. The summed E-state index contributed by atoms with van der Waals surface area (Å²) in [6.07, 6.45) is 3.27. The van der Waals surface area contributed by atoms with Crippen molar-refractivity contribution < 1.29 is 14.6 Å². The van der Waals surface area contributed by atoms with Crippen molar-refractivity contribution in [2.24, 2.45) is 0 Å². The van der Waals surface area contributed by atoms with E-state index in [1.807, 2.05) is 18.2 Å². The van der Waals surface area contributed by atoms with Crippen LogP contribution in [0.25, 0.3) is 0 Å². The molecule has 5 heteroatoms. The number of aliphatic hydroxyl groups excluding tert-OH is 1. The predicted octanol–water partition coefficient (Wildman–Crippen LogP) is 1.16. The van der Waals surface area contributed by atoms with Crippen LogP contribution in [-0.2, 0) is 11.3 Å². The maximum Gasteiger partial charge on any atom is 0.207 e. The molecule has 116 valence electrons. The van der Waals surface area contributed by atoms with Gasteiger partial charge in [0.25, 0.3) is 0 Å². The second kappa shape index (κ2) is 8.64. The number of hydrogen-bond donors (Lipinski definition) is 2. The van der Waals surface area contributed by atoms with E-state index in [2.05, 4.69) is 16.3 Å². The molecule has 0 spiro atoms. The van der Waals surface area contributed by atoms with Crippen molar-refractivity contribution in [1.29, 1.82) is 0 Å². The number of ether oxygens (including phenoxy) is 1. The van der Waals surface area contributed by atoms with E-state index in [0.717, 1.165) is 44.6 Å². The van der Waals surface area contributed by atoms with Crippen molar-refractivity contribution in [3.63, 3.8) is 0 Å². The molecule has 1 aliphatic heterocycles. The third-order valence-electron chi connectivity index (χ3n) is 3.60. The number of piperidine rings is 1. The van der Waals surface area contributed by atoms with Crippen LogP contribution in [0.1, 0.15) is 24.8 Å². The van der Waals surface area contributed by atoms with Crippen LogP contribution >= 0.6 is 0 Å². The Morgan fingerprint density at radius 2 is 2.38 bits per heavy atom. The highest BCUT2D eigenvalue weighted by Crippen LogP contribution is 2.18. The van der Waals surface area contributed by atoms with E-state index in [-0.39, 0.29) is 6.10 Å². The Morgan fingerprint density at radius 3 is 3.19 bits per heavy atom. The molecule has 2 rings (SSSR count). The number of carbonyl (C=O) groups is 1. The standard InChI is InChI=1S/C16H24N2O3/c19-13-17-7-3-9-21-16-6-1-4-14(10-16)11-18-8-2-5-15(20)12-18/h1,4,6,10,13,15,20H,2-3,5,7-9,11-12H2,(H,17,19). The van der Waals surface area contributed by atoms with Crippen LogP contribution in [-0.4, -0.2) is 48.8 Å². The van der Waals surface area contributed by atoms with E-state index in [9.17, 15) is 9.90 Å². The number of likely N-dealkylation sites (tertiary alicyclic amines) is 1. The lowest BCUT2D eigenvalue weighted by Crippen LogP contribution is -2.37. The average Bonchev–Trinajstić information content (AvgIpc) is 2.47. The zero-order chi connectivity index (χ0) is 14.9. The summed E-state index contributed by atoms with van der Waals surface area (Å²) in [7, 11) is 0. The van der Waals surface area contributed by atoms with E-state index in [0.29, 0.717) is 19.6 Å².